The predicted molar refractivity (Wildman–Crippen MR) is 67.2 cm³/mol. The van der Waals surface area contributed by atoms with E-state index >= 15 is 0 Å². The molecule has 0 unspecified atom stereocenters. The molecular weight excluding hydrogens is 260 g/mol. The maximum atomic E-state index is 10.5. The summed E-state index contributed by atoms with van der Waals surface area (Å²) in [6.45, 7) is 0. The number of nitrogens with two attached hydrogens (primary N) is 1. The molecule has 17 heavy (non-hydrogen) atoms. The van der Waals surface area contributed by atoms with Gasteiger partial charge in [-0.2, -0.15) is 0 Å². The average molecular weight is 266 g/mol. The third kappa shape index (κ3) is 2.60. The minimum Gasteiger partial charge on any atom is -0.375 e. The molecule has 0 saturated carbocycles. The third-order valence-electron chi connectivity index (χ3n) is 1.94. The van der Waals surface area contributed by atoms with Crippen LogP contribution >= 0.6 is 23.6 Å². The molecule has 2 N–H and O–H groups in total. The first-order valence-corrected chi connectivity index (χ1v) is 5.68. The number of benzene rings is 1. The summed E-state index contributed by atoms with van der Waals surface area (Å²) >= 11 is 6.04. The van der Waals surface area contributed by atoms with Gasteiger partial charge in [-0.3, -0.25) is 10.1 Å². The molecule has 0 aliphatic carbocycles. The highest BCUT2D eigenvalue weighted by Crippen LogP contribution is 2.21. The van der Waals surface area contributed by atoms with Gasteiger partial charge in [-0.1, -0.05) is 11.3 Å². The number of hydrogen-bond acceptors (Lipinski definition) is 7. The lowest BCUT2D eigenvalue weighted by Crippen LogP contribution is -1.94. The Balaban J connectivity index is 2.46. The molecule has 6 nitrogen and oxygen atoms in total. The SMILES string of the molecule is Nc1nc(-c2ccc([N+](=O)[O-])cc2)nc(=S)s1. The van der Waals surface area contributed by atoms with Crippen molar-refractivity contribution in [1.82, 2.24) is 9.97 Å². The topological polar surface area (TPSA) is 94.9 Å². The molecule has 0 saturated heterocycles. The summed E-state index contributed by atoms with van der Waals surface area (Å²) in [6.07, 6.45) is 0. The lowest BCUT2D eigenvalue weighted by molar-refractivity contribution is -0.384. The number of nitro benzene ring substituents is 1. The number of nitrogens with zero attached hydrogens (tertiary/aromatic N) is 3. The number of nitrogen functional groups attached to an aromatic ring is 1. The zero-order chi connectivity index (χ0) is 12.4. The van der Waals surface area contributed by atoms with Gasteiger partial charge in [0.25, 0.3) is 5.69 Å². The Hall–Kier alpha value is -1.93. The first-order chi connectivity index (χ1) is 8.06. The van der Waals surface area contributed by atoms with Crippen molar-refractivity contribution in [3.05, 3.63) is 38.3 Å². The molecule has 0 bridgehead atoms. The fourth-order valence-electron chi connectivity index (χ4n) is 1.21. The Bertz CT molecular complexity index is 624. The molecule has 0 aliphatic heterocycles. The Morgan fingerprint density at radius 2 is 1.94 bits per heavy atom. The van der Waals surface area contributed by atoms with Crippen LogP contribution in [0.2, 0.25) is 0 Å². The maximum absolute atomic E-state index is 10.5. The molecule has 8 heteroatoms. The molecule has 1 aromatic carbocycles. The molecular formula is C9H6N4O2S2. The standard InChI is InChI=1S/C9H6N4O2S2/c10-8-11-7(12-9(16)17-8)5-1-3-6(4-2-5)13(14)15/h1-4H,(H2,10,11,12,16). The Morgan fingerprint density at radius 1 is 1.29 bits per heavy atom. The predicted octanol–water partition coefficient (Wildman–Crippen LogP) is 2.42. The van der Waals surface area contributed by atoms with Crippen molar-refractivity contribution in [2.45, 2.75) is 0 Å². The van der Waals surface area contributed by atoms with E-state index in [0.29, 0.717) is 20.5 Å². The van der Waals surface area contributed by atoms with Crippen molar-refractivity contribution in [1.29, 1.82) is 0 Å². The normalized spacial score (nSPS) is 10.1. The van der Waals surface area contributed by atoms with E-state index in [2.05, 4.69) is 9.97 Å². The van der Waals surface area contributed by atoms with Crippen LogP contribution in [-0.2, 0) is 0 Å². The molecule has 1 aromatic heterocycles. The third-order valence-corrected chi connectivity index (χ3v) is 2.85. The monoisotopic (exact) mass is 266 g/mol. The van der Waals surface area contributed by atoms with Crippen LogP contribution in [0.25, 0.3) is 11.4 Å². The molecule has 0 spiro atoms. The summed E-state index contributed by atoms with van der Waals surface area (Å²) in [6, 6.07) is 5.89. The van der Waals surface area contributed by atoms with Gasteiger partial charge in [-0.15, -0.1) is 0 Å². The number of rotatable bonds is 2. The quantitative estimate of drug-likeness (QED) is 0.509. The first-order valence-electron chi connectivity index (χ1n) is 4.46. The van der Waals surface area contributed by atoms with Gasteiger partial charge >= 0.3 is 0 Å². The minimum atomic E-state index is -0.468. The largest absolute Gasteiger partial charge is 0.375 e. The van der Waals surface area contributed by atoms with Gasteiger partial charge in [0.2, 0.25) is 0 Å². The average Bonchev–Trinajstić information content (AvgIpc) is 2.28. The van der Waals surface area contributed by atoms with Crippen LogP contribution in [0.5, 0.6) is 0 Å². The van der Waals surface area contributed by atoms with E-state index < -0.39 is 4.92 Å². The second-order valence-electron chi connectivity index (χ2n) is 3.06. The van der Waals surface area contributed by atoms with E-state index in [0.717, 1.165) is 11.3 Å². The van der Waals surface area contributed by atoms with E-state index in [-0.39, 0.29) is 5.69 Å². The lowest BCUT2D eigenvalue weighted by Gasteiger charge is -1.99. The van der Waals surface area contributed by atoms with Crippen LogP contribution in [0.4, 0.5) is 10.8 Å². The maximum Gasteiger partial charge on any atom is 0.269 e. The summed E-state index contributed by atoms with van der Waals surface area (Å²) in [4.78, 5) is 18.1. The van der Waals surface area contributed by atoms with Crippen LogP contribution < -0.4 is 5.73 Å². The van der Waals surface area contributed by atoms with E-state index in [1.165, 1.54) is 12.1 Å². The highest BCUT2D eigenvalue weighted by molar-refractivity contribution is 7.73. The summed E-state index contributed by atoms with van der Waals surface area (Å²) in [5.74, 6) is 0.376. The fraction of sp³-hybridized carbons (Fsp3) is 0. The van der Waals surface area contributed by atoms with Gasteiger partial charge in [0.15, 0.2) is 14.9 Å². The molecule has 0 amide bonds. The Morgan fingerprint density at radius 3 is 2.47 bits per heavy atom. The molecule has 0 fully saturated rings. The van der Waals surface area contributed by atoms with E-state index in [1.807, 2.05) is 0 Å². The van der Waals surface area contributed by atoms with Crippen LogP contribution in [0, 0.1) is 14.1 Å². The van der Waals surface area contributed by atoms with Gasteiger partial charge in [0.05, 0.1) is 4.92 Å². The number of anilines is 1. The van der Waals surface area contributed by atoms with E-state index in [4.69, 9.17) is 18.0 Å². The van der Waals surface area contributed by atoms with Gasteiger partial charge in [0, 0.05) is 17.7 Å². The Labute approximate surface area is 105 Å². The summed E-state index contributed by atoms with van der Waals surface area (Å²) in [7, 11) is 0. The Kier molecular flexibility index (Phi) is 3.07. The van der Waals surface area contributed by atoms with Crippen molar-refractivity contribution in [3.8, 4) is 11.4 Å². The van der Waals surface area contributed by atoms with Crippen LogP contribution in [0.1, 0.15) is 0 Å². The highest BCUT2D eigenvalue weighted by atomic mass is 32.1. The zero-order valence-corrected chi connectivity index (χ0v) is 9.99. The fourth-order valence-corrected chi connectivity index (χ4v) is 2.00. The van der Waals surface area contributed by atoms with E-state index in [1.54, 1.807) is 12.1 Å². The molecule has 2 rings (SSSR count). The van der Waals surface area contributed by atoms with Gasteiger partial charge in [0.1, 0.15) is 0 Å². The van der Waals surface area contributed by atoms with Crippen molar-refractivity contribution in [2.75, 3.05) is 5.73 Å². The summed E-state index contributed by atoms with van der Waals surface area (Å²) < 4.78 is 0.380. The van der Waals surface area contributed by atoms with Crippen molar-refractivity contribution in [3.63, 3.8) is 0 Å². The molecule has 0 radical (unpaired) electrons. The number of hydrogen-bond donors (Lipinski definition) is 1. The second-order valence-corrected chi connectivity index (χ2v) is 4.71. The molecule has 0 atom stereocenters. The van der Waals surface area contributed by atoms with Crippen LogP contribution in [0.3, 0.4) is 0 Å². The van der Waals surface area contributed by atoms with Crippen molar-refractivity contribution in [2.24, 2.45) is 0 Å². The van der Waals surface area contributed by atoms with Gasteiger partial charge < -0.3 is 5.73 Å². The smallest absolute Gasteiger partial charge is 0.269 e. The summed E-state index contributed by atoms with van der Waals surface area (Å²) in [5, 5.41) is 10.8. The number of non-ortho nitro benzene ring substituents is 1. The zero-order valence-electron chi connectivity index (χ0n) is 8.36. The summed E-state index contributed by atoms with van der Waals surface area (Å²) in [5.41, 5.74) is 6.22. The highest BCUT2D eigenvalue weighted by Gasteiger charge is 2.07. The molecule has 86 valence electrons. The second kappa shape index (κ2) is 4.52. The minimum absolute atomic E-state index is 0.0130. The van der Waals surface area contributed by atoms with Crippen molar-refractivity contribution >= 4 is 34.4 Å². The van der Waals surface area contributed by atoms with E-state index in [9.17, 15) is 10.1 Å². The van der Waals surface area contributed by atoms with Crippen LogP contribution in [0.15, 0.2) is 24.3 Å². The number of aromatic nitrogens is 2. The van der Waals surface area contributed by atoms with Crippen LogP contribution in [-0.4, -0.2) is 14.9 Å². The van der Waals surface area contributed by atoms with Crippen molar-refractivity contribution < 1.29 is 4.92 Å². The molecule has 1 heterocycles. The molecule has 2 aromatic rings. The van der Waals surface area contributed by atoms with Gasteiger partial charge in [-0.25, -0.2) is 9.97 Å². The molecule has 0 aliphatic rings. The number of nitro groups is 1. The first kappa shape index (κ1) is 11.6. The lowest BCUT2D eigenvalue weighted by atomic mass is 10.2. The van der Waals surface area contributed by atoms with Gasteiger partial charge in [-0.05, 0) is 24.4 Å².